The van der Waals surface area contributed by atoms with Crippen molar-refractivity contribution in [1.29, 1.82) is 0 Å². The standard InChI is InChI=1S/C13H25N3O/c1-2-12(13(14)17)16-8-5-10(6-9-16)11-4-3-7-15-11/h10-12,15H,2-9H2,1H3,(H2,14,17). The number of hydrogen-bond acceptors (Lipinski definition) is 3. The molecule has 2 rings (SSSR count). The molecule has 0 aromatic carbocycles. The quantitative estimate of drug-likeness (QED) is 0.760. The van der Waals surface area contributed by atoms with Crippen LogP contribution < -0.4 is 11.1 Å². The minimum Gasteiger partial charge on any atom is -0.368 e. The van der Waals surface area contributed by atoms with Crippen molar-refractivity contribution in [2.45, 2.75) is 51.1 Å². The lowest BCUT2D eigenvalue weighted by atomic mass is 9.88. The highest BCUT2D eigenvalue weighted by Gasteiger charge is 2.31. The zero-order valence-electron chi connectivity index (χ0n) is 10.8. The van der Waals surface area contributed by atoms with Crippen LogP contribution >= 0.6 is 0 Å². The first-order chi connectivity index (χ1) is 8.22. The van der Waals surface area contributed by atoms with Gasteiger partial charge in [-0.1, -0.05) is 6.92 Å². The zero-order chi connectivity index (χ0) is 12.3. The van der Waals surface area contributed by atoms with Crippen molar-refractivity contribution in [1.82, 2.24) is 10.2 Å². The number of likely N-dealkylation sites (tertiary alicyclic amines) is 1. The molecule has 3 N–H and O–H groups in total. The van der Waals surface area contributed by atoms with Crippen LogP contribution in [0.2, 0.25) is 0 Å². The molecule has 2 heterocycles. The minimum absolute atomic E-state index is 0.0486. The molecule has 0 aliphatic carbocycles. The first-order valence-corrected chi connectivity index (χ1v) is 6.99. The fraction of sp³-hybridized carbons (Fsp3) is 0.923. The topological polar surface area (TPSA) is 58.4 Å². The SMILES string of the molecule is CCC(C(N)=O)N1CCC(C2CCCN2)CC1. The van der Waals surface area contributed by atoms with Crippen LogP contribution in [0.4, 0.5) is 0 Å². The average molecular weight is 239 g/mol. The third-order valence-electron chi connectivity index (χ3n) is 4.40. The number of nitrogens with two attached hydrogens (primary N) is 1. The Balaban J connectivity index is 1.82. The smallest absolute Gasteiger partial charge is 0.234 e. The Labute approximate surface area is 104 Å². The van der Waals surface area contributed by atoms with Crippen LogP contribution in [0.5, 0.6) is 0 Å². The van der Waals surface area contributed by atoms with Gasteiger partial charge < -0.3 is 11.1 Å². The van der Waals surface area contributed by atoms with E-state index in [-0.39, 0.29) is 11.9 Å². The average Bonchev–Trinajstić information content (AvgIpc) is 2.84. The normalized spacial score (nSPS) is 29.4. The fourth-order valence-corrected chi connectivity index (χ4v) is 3.39. The van der Waals surface area contributed by atoms with Gasteiger partial charge in [0.05, 0.1) is 6.04 Å². The summed E-state index contributed by atoms with van der Waals surface area (Å²) in [5.74, 6) is 0.643. The van der Waals surface area contributed by atoms with Gasteiger partial charge in [0.2, 0.25) is 5.91 Å². The number of carbonyl (C=O) groups is 1. The molecule has 98 valence electrons. The third kappa shape index (κ3) is 2.99. The number of nitrogens with one attached hydrogen (secondary N) is 1. The van der Waals surface area contributed by atoms with E-state index in [0.29, 0.717) is 0 Å². The Morgan fingerprint density at radius 1 is 1.41 bits per heavy atom. The summed E-state index contributed by atoms with van der Waals surface area (Å²) in [5.41, 5.74) is 5.44. The molecule has 0 spiro atoms. The maximum Gasteiger partial charge on any atom is 0.234 e. The summed E-state index contributed by atoms with van der Waals surface area (Å²) in [4.78, 5) is 13.6. The van der Waals surface area contributed by atoms with Crippen LogP contribution in [0.3, 0.4) is 0 Å². The summed E-state index contributed by atoms with van der Waals surface area (Å²) in [6.07, 6.45) is 5.91. The minimum atomic E-state index is -0.162. The van der Waals surface area contributed by atoms with E-state index in [4.69, 9.17) is 5.73 Å². The van der Waals surface area contributed by atoms with E-state index < -0.39 is 0 Å². The molecule has 4 nitrogen and oxygen atoms in total. The summed E-state index contributed by atoms with van der Waals surface area (Å²) in [5, 5.41) is 3.60. The van der Waals surface area contributed by atoms with Crippen molar-refractivity contribution >= 4 is 5.91 Å². The second-order valence-electron chi connectivity index (χ2n) is 5.40. The van der Waals surface area contributed by atoms with Crippen LogP contribution in [-0.2, 0) is 4.79 Å². The maximum atomic E-state index is 11.3. The molecule has 0 aromatic heterocycles. The molecule has 17 heavy (non-hydrogen) atoms. The number of hydrogen-bond donors (Lipinski definition) is 2. The van der Waals surface area contributed by atoms with Crippen LogP contribution in [0, 0.1) is 5.92 Å². The van der Waals surface area contributed by atoms with Crippen LogP contribution in [0.15, 0.2) is 0 Å². The number of rotatable bonds is 4. The Bertz CT molecular complexity index is 255. The zero-order valence-corrected chi connectivity index (χ0v) is 10.8. The summed E-state index contributed by atoms with van der Waals surface area (Å²) in [6.45, 7) is 5.29. The van der Waals surface area contributed by atoms with Gasteiger partial charge in [0.1, 0.15) is 0 Å². The number of amides is 1. The van der Waals surface area contributed by atoms with E-state index in [2.05, 4.69) is 10.2 Å². The molecule has 0 saturated carbocycles. The second kappa shape index (κ2) is 5.83. The molecule has 1 amide bonds. The van der Waals surface area contributed by atoms with Crippen molar-refractivity contribution in [3.8, 4) is 0 Å². The van der Waals surface area contributed by atoms with E-state index in [1.165, 1.54) is 32.2 Å². The molecule has 2 aliphatic heterocycles. The van der Waals surface area contributed by atoms with E-state index >= 15 is 0 Å². The molecular weight excluding hydrogens is 214 g/mol. The Kier molecular flexibility index (Phi) is 4.40. The molecule has 2 saturated heterocycles. The first-order valence-electron chi connectivity index (χ1n) is 6.99. The summed E-state index contributed by atoms with van der Waals surface area (Å²) < 4.78 is 0. The third-order valence-corrected chi connectivity index (χ3v) is 4.40. The van der Waals surface area contributed by atoms with Gasteiger partial charge in [0.15, 0.2) is 0 Å². The Morgan fingerprint density at radius 3 is 2.59 bits per heavy atom. The van der Waals surface area contributed by atoms with E-state index in [0.717, 1.165) is 31.5 Å². The van der Waals surface area contributed by atoms with Crippen molar-refractivity contribution in [3.63, 3.8) is 0 Å². The summed E-state index contributed by atoms with van der Waals surface area (Å²) in [6, 6.07) is 0.679. The molecule has 2 unspecified atom stereocenters. The van der Waals surface area contributed by atoms with Crippen LogP contribution in [-0.4, -0.2) is 42.5 Å². The van der Waals surface area contributed by atoms with Gasteiger partial charge >= 0.3 is 0 Å². The lowest BCUT2D eigenvalue weighted by Crippen LogP contribution is -2.49. The summed E-state index contributed by atoms with van der Waals surface area (Å²) >= 11 is 0. The predicted molar refractivity (Wildman–Crippen MR) is 68.6 cm³/mol. The molecule has 0 bridgehead atoms. The van der Waals surface area contributed by atoms with Crippen LogP contribution in [0.1, 0.15) is 39.0 Å². The molecule has 4 heteroatoms. The van der Waals surface area contributed by atoms with Crippen LogP contribution in [0.25, 0.3) is 0 Å². The molecular formula is C13H25N3O. The van der Waals surface area contributed by atoms with Gasteiger partial charge in [-0.15, -0.1) is 0 Å². The number of piperidine rings is 1. The van der Waals surface area contributed by atoms with Gasteiger partial charge in [0, 0.05) is 6.04 Å². The fourth-order valence-electron chi connectivity index (χ4n) is 3.39. The number of carbonyl (C=O) groups excluding carboxylic acids is 1. The molecule has 0 radical (unpaired) electrons. The maximum absolute atomic E-state index is 11.3. The van der Waals surface area contributed by atoms with Gasteiger partial charge in [-0.25, -0.2) is 0 Å². The van der Waals surface area contributed by atoms with Gasteiger partial charge in [-0.3, -0.25) is 9.69 Å². The van der Waals surface area contributed by atoms with Crippen molar-refractivity contribution in [2.24, 2.45) is 11.7 Å². The highest BCUT2D eigenvalue weighted by atomic mass is 16.1. The Morgan fingerprint density at radius 2 is 2.12 bits per heavy atom. The summed E-state index contributed by atoms with van der Waals surface area (Å²) in [7, 11) is 0. The van der Waals surface area contributed by atoms with Crippen molar-refractivity contribution in [2.75, 3.05) is 19.6 Å². The molecule has 2 aliphatic rings. The Hall–Kier alpha value is -0.610. The first kappa shape index (κ1) is 12.8. The van der Waals surface area contributed by atoms with E-state index in [1.54, 1.807) is 0 Å². The lowest BCUT2D eigenvalue weighted by molar-refractivity contribution is -0.124. The van der Waals surface area contributed by atoms with Crippen molar-refractivity contribution < 1.29 is 4.79 Å². The lowest BCUT2D eigenvalue weighted by Gasteiger charge is -2.37. The number of nitrogens with zero attached hydrogens (tertiary/aromatic N) is 1. The largest absolute Gasteiger partial charge is 0.368 e. The van der Waals surface area contributed by atoms with Gasteiger partial charge in [0.25, 0.3) is 0 Å². The van der Waals surface area contributed by atoms with Gasteiger partial charge in [-0.2, -0.15) is 0 Å². The van der Waals surface area contributed by atoms with Gasteiger partial charge in [-0.05, 0) is 57.7 Å². The molecule has 2 atom stereocenters. The number of primary amides is 1. The second-order valence-corrected chi connectivity index (χ2v) is 5.40. The molecule has 0 aromatic rings. The highest BCUT2D eigenvalue weighted by Crippen LogP contribution is 2.26. The van der Waals surface area contributed by atoms with Crippen molar-refractivity contribution in [3.05, 3.63) is 0 Å². The monoisotopic (exact) mass is 239 g/mol. The van der Waals surface area contributed by atoms with E-state index in [9.17, 15) is 4.79 Å². The highest BCUT2D eigenvalue weighted by molar-refractivity contribution is 5.79. The molecule has 2 fully saturated rings. The van der Waals surface area contributed by atoms with E-state index in [1.807, 2.05) is 6.92 Å². The predicted octanol–water partition coefficient (Wildman–Crippen LogP) is 0.714.